The van der Waals surface area contributed by atoms with Gasteiger partial charge in [-0.1, -0.05) is 22.0 Å². The number of alkyl halides is 2. The van der Waals surface area contributed by atoms with E-state index in [0.717, 1.165) is 10.0 Å². The highest BCUT2D eigenvalue weighted by atomic mass is 79.9. The number of hydrogen-bond acceptors (Lipinski definition) is 1. The summed E-state index contributed by atoms with van der Waals surface area (Å²) in [7, 11) is 0. The Morgan fingerprint density at radius 2 is 2.00 bits per heavy atom. The summed E-state index contributed by atoms with van der Waals surface area (Å²) in [6, 6.07) is 5.29. The van der Waals surface area contributed by atoms with Crippen LogP contribution in [0.1, 0.15) is 17.5 Å². The number of nitrogens with two attached hydrogens (primary N) is 1. The Bertz CT molecular complexity index is 392. The summed E-state index contributed by atoms with van der Waals surface area (Å²) < 4.78 is 26.9. The molecule has 4 heteroatoms. The molecule has 1 nitrogen and oxygen atoms in total. The molecule has 76 valence electrons. The Kier molecular flexibility index (Phi) is 1.98. The molecule has 0 saturated heterocycles. The Morgan fingerprint density at radius 3 is 2.50 bits per heavy atom. The maximum absolute atomic E-state index is 13.0. The van der Waals surface area contributed by atoms with E-state index in [-0.39, 0.29) is 6.42 Å². The predicted octanol–water partition coefficient (Wildman–Crippen LogP) is 2.95. The lowest BCUT2D eigenvalue weighted by molar-refractivity contribution is 0.0889. The van der Waals surface area contributed by atoms with E-state index in [2.05, 4.69) is 15.9 Å². The lowest BCUT2D eigenvalue weighted by atomic mass is 10.00. The molecule has 2 rings (SSSR count). The number of benzene rings is 1. The summed E-state index contributed by atoms with van der Waals surface area (Å²) >= 11 is 3.25. The molecule has 0 aliphatic heterocycles. The summed E-state index contributed by atoms with van der Waals surface area (Å²) in [5.41, 5.74) is 5.55. The van der Waals surface area contributed by atoms with Crippen molar-refractivity contribution in [3.8, 4) is 0 Å². The Hall–Kier alpha value is -0.480. The fourth-order valence-electron chi connectivity index (χ4n) is 1.67. The van der Waals surface area contributed by atoms with E-state index in [1.54, 1.807) is 19.1 Å². The minimum absolute atomic E-state index is 0.253. The second-order valence-corrected chi connectivity index (χ2v) is 4.73. The number of halogens is 3. The number of rotatable bonds is 1. The Morgan fingerprint density at radius 1 is 1.43 bits per heavy atom. The first-order chi connectivity index (χ1) is 6.37. The maximum Gasteiger partial charge on any atom is 0.272 e. The van der Waals surface area contributed by atoms with Crippen molar-refractivity contribution in [2.45, 2.75) is 24.8 Å². The summed E-state index contributed by atoms with van der Waals surface area (Å²) in [6.07, 6.45) is -0.253. The third kappa shape index (κ3) is 1.28. The van der Waals surface area contributed by atoms with Crippen LogP contribution in [0.3, 0.4) is 0 Å². The standard InChI is InChI=1S/C10H10BrF2N/c1-6-2-3-7(11)4-8(6)9(14)5-10(9,12)13/h2-4H,5,14H2,1H3. The molecule has 2 N–H and O–H groups in total. The average Bonchev–Trinajstić information content (AvgIpc) is 2.58. The van der Waals surface area contributed by atoms with Crippen LogP contribution in [0.4, 0.5) is 8.78 Å². The second-order valence-electron chi connectivity index (χ2n) is 3.81. The van der Waals surface area contributed by atoms with Crippen molar-refractivity contribution < 1.29 is 8.78 Å². The highest BCUT2D eigenvalue weighted by molar-refractivity contribution is 9.10. The highest BCUT2D eigenvalue weighted by Gasteiger charge is 2.70. The van der Waals surface area contributed by atoms with Crippen molar-refractivity contribution in [1.82, 2.24) is 0 Å². The largest absolute Gasteiger partial charge is 0.316 e. The van der Waals surface area contributed by atoms with Gasteiger partial charge in [0.25, 0.3) is 5.92 Å². The van der Waals surface area contributed by atoms with Crippen LogP contribution in [0.5, 0.6) is 0 Å². The third-order valence-electron chi connectivity index (χ3n) is 2.71. The first-order valence-electron chi connectivity index (χ1n) is 4.30. The van der Waals surface area contributed by atoms with E-state index in [0.29, 0.717) is 5.56 Å². The number of hydrogen-bond donors (Lipinski definition) is 1. The van der Waals surface area contributed by atoms with E-state index in [9.17, 15) is 8.78 Å². The fraction of sp³-hybridized carbons (Fsp3) is 0.400. The Labute approximate surface area is 89.4 Å². The third-order valence-corrected chi connectivity index (χ3v) is 3.20. The van der Waals surface area contributed by atoms with E-state index in [4.69, 9.17) is 5.73 Å². The van der Waals surface area contributed by atoms with Gasteiger partial charge in [0.15, 0.2) is 0 Å². The van der Waals surface area contributed by atoms with E-state index >= 15 is 0 Å². The van der Waals surface area contributed by atoms with E-state index in [1.807, 2.05) is 6.07 Å². The summed E-state index contributed by atoms with van der Waals surface area (Å²) in [4.78, 5) is 0. The van der Waals surface area contributed by atoms with E-state index < -0.39 is 11.5 Å². The molecule has 1 unspecified atom stereocenters. The van der Waals surface area contributed by atoms with Gasteiger partial charge in [0.2, 0.25) is 0 Å². The minimum Gasteiger partial charge on any atom is -0.316 e. The number of aryl methyl sites for hydroxylation is 1. The van der Waals surface area contributed by atoms with Crippen molar-refractivity contribution in [2.24, 2.45) is 5.73 Å². The lowest BCUT2D eigenvalue weighted by Crippen LogP contribution is -2.28. The smallest absolute Gasteiger partial charge is 0.272 e. The van der Waals surface area contributed by atoms with Crippen molar-refractivity contribution in [1.29, 1.82) is 0 Å². The molecule has 1 aromatic carbocycles. The zero-order valence-corrected chi connectivity index (χ0v) is 9.24. The first-order valence-corrected chi connectivity index (χ1v) is 5.09. The lowest BCUT2D eigenvalue weighted by Gasteiger charge is -2.14. The molecule has 0 bridgehead atoms. The van der Waals surface area contributed by atoms with Gasteiger partial charge in [0, 0.05) is 10.9 Å². The van der Waals surface area contributed by atoms with Gasteiger partial charge in [-0.2, -0.15) is 0 Å². The molecular weight excluding hydrogens is 252 g/mol. The van der Waals surface area contributed by atoms with Crippen LogP contribution >= 0.6 is 15.9 Å². The molecule has 1 aliphatic rings. The van der Waals surface area contributed by atoms with Crippen LogP contribution in [0.15, 0.2) is 22.7 Å². The van der Waals surface area contributed by atoms with Gasteiger partial charge in [-0.15, -0.1) is 0 Å². The van der Waals surface area contributed by atoms with Crippen LogP contribution in [-0.2, 0) is 5.54 Å². The van der Waals surface area contributed by atoms with Crippen LogP contribution in [-0.4, -0.2) is 5.92 Å². The van der Waals surface area contributed by atoms with Crippen LogP contribution in [0, 0.1) is 6.92 Å². The molecule has 1 atom stereocenters. The van der Waals surface area contributed by atoms with Crippen molar-refractivity contribution in [3.63, 3.8) is 0 Å². The quantitative estimate of drug-likeness (QED) is 0.827. The molecular formula is C10H10BrF2N. The molecule has 0 heterocycles. The van der Waals surface area contributed by atoms with Gasteiger partial charge >= 0.3 is 0 Å². The predicted molar refractivity (Wildman–Crippen MR) is 54.3 cm³/mol. The SMILES string of the molecule is Cc1ccc(Br)cc1C1(N)CC1(F)F. The van der Waals surface area contributed by atoms with Gasteiger partial charge in [0.05, 0.1) is 0 Å². The highest BCUT2D eigenvalue weighted by Crippen LogP contribution is 2.58. The summed E-state index contributed by atoms with van der Waals surface area (Å²) in [6.45, 7) is 1.80. The van der Waals surface area contributed by atoms with Crippen molar-refractivity contribution in [3.05, 3.63) is 33.8 Å². The monoisotopic (exact) mass is 261 g/mol. The van der Waals surface area contributed by atoms with Crippen LogP contribution in [0.25, 0.3) is 0 Å². The van der Waals surface area contributed by atoms with E-state index in [1.165, 1.54) is 0 Å². The Balaban J connectivity index is 2.48. The molecule has 1 fully saturated rings. The minimum atomic E-state index is -2.75. The molecule has 0 spiro atoms. The molecule has 14 heavy (non-hydrogen) atoms. The van der Waals surface area contributed by atoms with Gasteiger partial charge in [-0.05, 0) is 30.2 Å². The van der Waals surface area contributed by atoms with Crippen molar-refractivity contribution in [2.75, 3.05) is 0 Å². The van der Waals surface area contributed by atoms with Gasteiger partial charge in [0.1, 0.15) is 5.54 Å². The molecule has 1 aromatic rings. The molecule has 1 saturated carbocycles. The second kappa shape index (κ2) is 2.76. The maximum atomic E-state index is 13.0. The van der Waals surface area contributed by atoms with Crippen LogP contribution < -0.4 is 5.73 Å². The van der Waals surface area contributed by atoms with Gasteiger partial charge in [-0.3, -0.25) is 0 Å². The average molecular weight is 262 g/mol. The van der Waals surface area contributed by atoms with Gasteiger partial charge < -0.3 is 5.73 Å². The van der Waals surface area contributed by atoms with Crippen LogP contribution in [0.2, 0.25) is 0 Å². The molecule has 0 aromatic heterocycles. The fourth-order valence-corrected chi connectivity index (χ4v) is 2.03. The van der Waals surface area contributed by atoms with Crippen molar-refractivity contribution >= 4 is 15.9 Å². The summed E-state index contributed by atoms with van der Waals surface area (Å²) in [5.74, 6) is -2.75. The molecule has 0 radical (unpaired) electrons. The normalized spacial score (nSPS) is 28.9. The molecule has 0 amide bonds. The topological polar surface area (TPSA) is 26.0 Å². The zero-order chi connectivity index (χ0) is 10.6. The zero-order valence-electron chi connectivity index (χ0n) is 7.65. The van der Waals surface area contributed by atoms with Gasteiger partial charge in [-0.25, -0.2) is 8.78 Å². The molecule has 1 aliphatic carbocycles. The first kappa shape index (κ1) is 10.1. The summed E-state index contributed by atoms with van der Waals surface area (Å²) in [5, 5.41) is 0.